The number of rotatable bonds is 7. The minimum absolute atomic E-state index is 0.0241. The van der Waals surface area contributed by atoms with Crippen molar-refractivity contribution >= 4 is 11.5 Å². The minimum Gasteiger partial charge on any atom is -0.500 e. The maximum atomic E-state index is 13.8. The first-order valence-electron chi connectivity index (χ1n) is 8.60. The van der Waals surface area contributed by atoms with Crippen LogP contribution in [0.2, 0.25) is 0 Å². The lowest BCUT2D eigenvalue weighted by molar-refractivity contribution is -0.130. The lowest BCUT2D eigenvalue weighted by atomic mass is 10.0. The number of benzene rings is 2. The van der Waals surface area contributed by atoms with E-state index in [0.29, 0.717) is 0 Å². The molecule has 1 heterocycles. The van der Waals surface area contributed by atoms with Gasteiger partial charge in [-0.15, -0.1) is 0 Å². The molecule has 7 nitrogen and oxygen atoms in total. The van der Waals surface area contributed by atoms with E-state index in [9.17, 15) is 18.7 Å². The van der Waals surface area contributed by atoms with Crippen LogP contribution in [0.15, 0.2) is 60.6 Å². The van der Waals surface area contributed by atoms with Crippen molar-refractivity contribution in [2.75, 3.05) is 7.11 Å². The van der Waals surface area contributed by atoms with Crippen molar-refractivity contribution in [2.45, 2.75) is 6.92 Å². The van der Waals surface area contributed by atoms with Gasteiger partial charge in [0.15, 0.2) is 11.6 Å². The van der Waals surface area contributed by atoms with Gasteiger partial charge in [-0.3, -0.25) is 0 Å². The molecule has 0 aliphatic rings. The molecule has 0 fully saturated rings. The maximum absolute atomic E-state index is 13.8. The summed E-state index contributed by atoms with van der Waals surface area (Å²) in [6, 6.07) is 10.9. The van der Waals surface area contributed by atoms with Gasteiger partial charge in [-0.2, -0.15) is 0 Å². The Morgan fingerprint density at radius 3 is 2.23 bits per heavy atom. The Labute approximate surface area is 170 Å². The summed E-state index contributed by atoms with van der Waals surface area (Å²) in [5.74, 6) is -3.44. The van der Waals surface area contributed by atoms with Gasteiger partial charge in [0.1, 0.15) is 23.4 Å². The number of aromatic nitrogens is 2. The summed E-state index contributed by atoms with van der Waals surface area (Å²) in [4.78, 5) is 19.5. The van der Waals surface area contributed by atoms with Crippen LogP contribution in [-0.4, -0.2) is 28.2 Å². The summed E-state index contributed by atoms with van der Waals surface area (Å²) in [6.07, 6.45) is 1.08. The van der Waals surface area contributed by atoms with Crippen LogP contribution in [0.5, 0.6) is 23.3 Å². The molecule has 0 saturated carbocycles. The monoisotopic (exact) mass is 414 g/mol. The molecule has 0 radical (unpaired) electrons. The van der Waals surface area contributed by atoms with E-state index in [1.165, 1.54) is 26.2 Å². The first kappa shape index (κ1) is 20.7. The largest absolute Gasteiger partial charge is 0.500 e. The first-order chi connectivity index (χ1) is 14.4. The molecule has 0 amide bonds. The topological polar surface area (TPSA) is 90.8 Å². The Kier molecular flexibility index (Phi) is 6.21. The molecule has 0 unspecified atom stereocenters. The molecular formula is C21H16F2N2O5. The number of ether oxygens (including phenoxy) is 3. The predicted octanol–water partition coefficient (Wildman–Crippen LogP) is 4.80. The number of halogens is 2. The molecule has 0 atom stereocenters. The number of aliphatic carboxylic acids is 1. The van der Waals surface area contributed by atoms with Crippen molar-refractivity contribution in [1.29, 1.82) is 0 Å². The van der Waals surface area contributed by atoms with Crippen molar-refractivity contribution in [3.63, 3.8) is 0 Å². The summed E-state index contributed by atoms with van der Waals surface area (Å²) in [7, 11) is 1.36. The third-order valence-corrected chi connectivity index (χ3v) is 3.99. The summed E-state index contributed by atoms with van der Waals surface area (Å²) in [5, 5.41) is 9.57. The molecule has 0 saturated heterocycles. The Morgan fingerprint density at radius 2 is 1.60 bits per heavy atom. The number of carboxylic acids is 1. The number of hydrogen-bond acceptors (Lipinski definition) is 6. The van der Waals surface area contributed by atoms with Gasteiger partial charge in [-0.05, 0) is 25.1 Å². The molecule has 9 heteroatoms. The van der Waals surface area contributed by atoms with Crippen LogP contribution in [0, 0.1) is 11.6 Å². The standard InChI is InChI=1S/C21H16F2N2O5/c1-12(28-2)19(21(26)27)13-6-3-4-9-16(13)29-17-10-18(25-11-24-17)30-20-14(22)7-5-8-15(20)23/h3-11H,1-2H3,(H,26,27). The molecule has 0 bridgehead atoms. The summed E-state index contributed by atoms with van der Waals surface area (Å²) < 4.78 is 43.6. The SMILES string of the molecule is COC(C)=C(C(=O)O)c1ccccc1Oc1cc(Oc2c(F)cccc2F)ncn1. The van der Waals surface area contributed by atoms with Crippen LogP contribution in [-0.2, 0) is 9.53 Å². The van der Waals surface area contributed by atoms with E-state index >= 15 is 0 Å². The van der Waals surface area contributed by atoms with Gasteiger partial charge in [0.25, 0.3) is 0 Å². The van der Waals surface area contributed by atoms with Gasteiger partial charge < -0.3 is 19.3 Å². The van der Waals surface area contributed by atoms with Crippen molar-refractivity contribution < 1.29 is 32.9 Å². The molecule has 1 N–H and O–H groups in total. The molecule has 2 aromatic carbocycles. The molecule has 30 heavy (non-hydrogen) atoms. The number of nitrogens with zero attached hydrogens (tertiary/aromatic N) is 2. The minimum atomic E-state index is -1.20. The Hall–Kier alpha value is -4.01. The Morgan fingerprint density at radius 1 is 0.967 bits per heavy atom. The number of para-hydroxylation sites is 2. The molecule has 3 rings (SSSR count). The van der Waals surface area contributed by atoms with E-state index in [2.05, 4.69) is 9.97 Å². The average Bonchev–Trinajstić information content (AvgIpc) is 2.72. The molecule has 0 aliphatic heterocycles. The van der Waals surface area contributed by atoms with E-state index < -0.39 is 23.4 Å². The summed E-state index contributed by atoms with van der Waals surface area (Å²) in [5.41, 5.74) is 0.164. The van der Waals surface area contributed by atoms with Gasteiger partial charge in [-0.1, -0.05) is 24.3 Å². The van der Waals surface area contributed by atoms with E-state index in [0.717, 1.165) is 18.5 Å². The number of methoxy groups -OCH3 is 1. The van der Waals surface area contributed by atoms with Crippen molar-refractivity contribution in [1.82, 2.24) is 9.97 Å². The van der Waals surface area contributed by atoms with E-state index in [-0.39, 0.29) is 34.4 Å². The van der Waals surface area contributed by atoms with Crippen LogP contribution in [0.3, 0.4) is 0 Å². The van der Waals surface area contributed by atoms with Crippen molar-refractivity contribution in [3.05, 3.63) is 77.8 Å². The van der Waals surface area contributed by atoms with E-state index in [1.54, 1.807) is 24.3 Å². The normalized spacial score (nSPS) is 11.5. The number of hydrogen-bond donors (Lipinski definition) is 1. The second kappa shape index (κ2) is 8.99. The molecule has 0 aliphatic carbocycles. The van der Waals surface area contributed by atoms with Gasteiger partial charge in [-0.25, -0.2) is 23.5 Å². The predicted molar refractivity (Wildman–Crippen MR) is 102 cm³/mol. The first-order valence-corrected chi connectivity index (χ1v) is 8.60. The third-order valence-electron chi connectivity index (χ3n) is 3.99. The van der Waals surface area contributed by atoms with E-state index in [4.69, 9.17) is 14.2 Å². The fraction of sp³-hybridized carbons (Fsp3) is 0.0952. The van der Waals surface area contributed by atoms with Gasteiger partial charge in [0.05, 0.1) is 13.2 Å². The summed E-state index contributed by atoms with van der Waals surface area (Å²) >= 11 is 0. The quantitative estimate of drug-likeness (QED) is 0.439. The molecular weight excluding hydrogens is 398 g/mol. The highest BCUT2D eigenvalue weighted by molar-refractivity contribution is 6.16. The Balaban J connectivity index is 1.94. The zero-order chi connectivity index (χ0) is 21.7. The number of carbonyl (C=O) groups is 1. The van der Waals surface area contributed by atoms with Crippen molar-refractivity contribution in [2.24, 2.45) is 0 Å². The molecule has 154 valence electrons. The number of allylic oxidation sites excluding steroid dienone is 1. The third kappa shape index (κ3) is 4.52. The van der Waals surface area contributed by atoms with Gasteiger partial charge in [0, 0.05) is 5.56 Å². The van der Waals surface area contributed by atoms with E-state index in [1.807, 2.05) is 0 Å². The lowest BCUT2D eigenvalue weighted by Crippen LogP contribution is -2.05. The maximum Gasteiger partial charge on any atom is 0.339 e. The van der Waals surface area contributed by atoms with Crippen LogP contribution >= 0.6 is 0 Å². The van der Waals surface area contributed by atoms with Crippen LogP contribution in [0.4, 0.5) is 8.78 Å². The highest BCUT2D eigenvalue weighted by atomic mass is 19.1. The average molecular weight is 414 g/mol. The molecule has 1 aromatic heterocycles. The smallest absolute Gasteiger partial charge is 0.339 e. The van der Waals surface area contributed by atoms with Gasteiger partial charge >= 0.3 is 5.97 Å². The fourth-order valence-corrected chi connectivity index (χ4v) is 2.55. The highest BCUT2D eigenvalue weighted by Crippen LogP contribution is 2.33. The molecule has 3 aromatic rings. The summed E-state index contributed by atoms with van der Waals surface area (Å²) in [6.45, 7) is 1.51. The zero-order valence-electron chi connectivity index (χ0n) is 15.9. The number of carboxylic acid groups (broad SMARTS) is 1. The Bertz CT molecular complexity index is 1100. The highest BCUT2D eigenvalue weighted by Gasteiger charge is 2.20. The molecule has 0 spiro atoms. The van der Waals surface area contributed by atoms with Crippen LogP contribution < -0.4 is 9.47 Å². The fourth-order valence-electron chi connectivity index (χ4n) is 2.55. The second-order valence-electron chi connectivity index (χ2n) is 5.89. The van der Waals surface area contributed by atoms with Gasteiger partial charge in [0.2, 0.25) is 17.5 Å². The van der Waals surface area contributed by atoms with Crippen LogP contribution in [0.1, 0.15) is 12.5 Å². The van der Waals surface area contributed by atoms with Crippen molar-refractivity contribution in [3.8, 4) is 23.3 Å². The zero-order valence-corrected chi connectivity index (χ0v) is 15.9. The second-order valence-corrected chi connectivity index (χ2v) is 5.89. The van der Waals surface area contributed by atoms with Crippen LogP contribution in [0.25, 0.3) is 5.57 Å². The lowest BCUT2D eigenvalue weighted by Gasteiger charge is -2.13.